The number of hydrogen-bond acceptors (Lipinski definition) is 5. The molecule has 0 amide bonds. The van der Waals surface area contributed by atoms with Crippen LogP contribution < -0.4 is 9.47 Å². The van der Waals surface area contributed by atoms with Gasteiger partial charge in [-0.1, -0.05) is 182 Å². The molecule has 0 spiro atoms. The molecule has 1 aromatic carbocycles. The van der Waals surface area contributed by atoms with Gasteiger partial charge >= 0.3 is 0 Å². The van der Waals surface area contributed by atoms with Crippen LogP contribution in [-0.2, 0) is 4.74 Å². The Balaban J connectivity index is 1.67. The van der Waals surface area contributed by atoms with Gasteiger partial charge in [0.15, 0.2) is 12.5 Å². The highest BCUT2D eigenvalue weighted by Gasteiger charge is 2.24. The summed E-state index contributed by atoms with van der Waals surface area (Å²) in [5, 5.41) is 0. The molecule has 0 fully saturated rings. The first-order chi connectivity index (χ1) is 24.2. The van der Waals surface area contributed by atoms with Crippen molar-refractivity contribution >= 4 is 0 Å². The highest BCUT2D eigenvalue weighted by atomic mass is 16.6. The lowest BCUT2D eigenvalue weighted by Crippen LogP contribution is -2.46. The highest BCUT2D eigenvalue weighted by Crippen LogP contribution is 2.24. The van der Waals surface area contributed by atoms with Crippen molar-refractivity contribution < 1.29 is 14.2 Å². The predicted octanol–water partition coefficient (Wildman–Crippen LogP) is 13.0. The number of benzene rings is 1. The van der Waals surface area contributed by atoms with Crippen molar-refractivity contribution in [3.05, 3.63) is 24.3 Å². The molecule has 1 aromatic rings. The van der Waals surface area contributed by atoms with E-state index in [1.54, 1.807) is 0 Å². The molecule has 286 valence electrons. The zero-order valence-corrected chi connectivity index (χ0v) is 33.2. The molecule has 0 N–H and O–H groups in total. The minimum Gasteiger partial charge on any atom is -0.473 e. The molecule has 0 aliphatic carbocycles. The third kappa shape index (κ3) is 22.3. The van der Waals surface area contributed by atoms with E-state index in [0.717, 1.165) is 37.7 Å². The van der Waals surface area contributed by atoms with Crippen LogP contribution in [0.2, 0.25) is 0 Å². The fraction of sp³-hybridized carbons (Fsp3) is 0.864. The molecule has 0 saturated heterocycles. The zero-order chi connectivity index (χ0) is 35.0. The van der Waals surface area contributed by atoms with Crippen LogP contribution in [0.25, 0.3) is 0 Å². The number of rotatable bonds is 32. The van der Waals surface area contributed by atoms with E-state index in [1.807, 2.05) is 0 Å². The molecule has 0 radical (unpaired) electrons. The molecule has 5 nitrogen and oxygen atoms in total. The van der Waals surface area contributed by atoms with Crippen molar-refractivity contribution in [1.29, 1.82) is 0 Å². The minimum atomic E-state index is -0.0805. The van der Waals surface area contributed by atoms with Crippen LogP contribution in [0.1, 0.15) is 195 Å². The van der Waals surface area contributed by atoms with Crippen molar-refractivity contribution in [3.63, 3.8) is 0 Å². The van der Waals surface area contributed by atoms with Crippen LogP contribution in [0.3, 0.4) is 0 Å². The third-order valence-corrected chi connectivity index (χ3v) is 10.6. The van der Waals surface area contributed by atoms with Gasteiger partial charge in [-0.3, -0.25) is 9.80 Å². The summed E-state index contributed by atoms with van der Waals surface area (Å²) in [5.74, 6) is 1.78. The molecule has 5 heteroatoms. The molecule has 2 heterocycles. The van der Waals surface area contributed by atoms with E-state index in [9.17, 15) is 0 Å². The molecule has 2 aliphatic heterocycles. The van der Waals surface area contributed by atoms with E-state index in [2.05, 4.69) is 61.8 Å². The summed E-state index contributed by atoms with van der Waals surface area (Å²) < 4.78 is 19.4. The maximum Gasteiger partial charge on any atom is 0.176 e. The molecule has 2 bridgehead atoms. The van der Waals surface area contributed by atoms with Gasteiger partial charge in [0.05, 0.1) is 13.2 Å². The molecular formula is C44H82N2O3. The monoisotopic (exact) mass is 687 g/mol. The molecule has 3 rings (SSSR count). The predicted molar refractivity (Wildman–Crippen MR) is 212 cm³/mol. The van der Waals surface area contributed by atoms with E-state index >= 15 is 0 Å². The van der Waals surface area contributed by atoms with Gasteiger partial charge in [-0.15, -0.1) is 0 Å². The van der Waals surface area contributed by atoms with Gasteiger partial charge in [-0.2, -0.15) is 0 Å². The Morgan fingerprint density at radius 1 is 0.408 bits per heavy atom. The van der Waals surface area contributed by atoms with E-state index in [-0.39, 0.29) is 12.5 Å². The average molecular weight is 687 g/mol. The average Bonchev–Trinajstić information content (AvgIpc) is 3.18. The van der Waals surface area contributed by atoms with Gasteiger partial charge in [0, 0.05) is 13.1 Å². The number of hydrogen-bond donors (Lipinski definition) is 0. The van der Waals surface area contributed by atoms with Crippen LogP contribution in [0.15, 0.2) is 24.3 Å². The first-order valence-corrected chi connectivity index (χ1v) is 21.7. The van der Waals surface area contributed by atoms with E-state index < -0.39 is 0 Å². The fourth-order valence-electron chi connectivity index (χ4n) is 7.29. The summed E-state index contributed by atoms with van der Waals surface area (Å²) >= 11 is 0. The SMILES string of the molecule is CCCCCCCCCCCCCCCN(CC)C1COCC(N(CC)CCCCCCCCCCCCCCC)Oc2ccc(cc2)O1. The lowest BCUT2D eigenvalue weighted by atomic mass is 10.0. The van der Waals surface area contributed by atoms with Gasteiger partial charge in [0.25, 0.3) is 0 Å². The van der Waals surface area contributed by atoms with Crippen molar-refractivity contribution in [3.8, 4) is 11.5 Å². The minimum absolute atomic E-state index is 0.0805. The summed E-state index contributed by atoms with van der Waals surface area (Å²) in [4.78, 5) is 4.93. The smallest absolute Gasteiger partial charge is 0.176 e. The van der Waals surface area contributed by atoms with Gasteiger partial charge in [0.1, 0.15) is 11.5 Å². The normalized spacial score (nSPS) is 16.6. The molecule has 0 aromatic heterocycles. The van der Waals surface area contributed by atoms with Gasteiger partial charge < -0.3 is 14.2 Å². The van der Waals surface area contributed by atoms with Crippen LogP contribution in [-0.4, -0.2) is 61.6 Å². The summed E-state index contributed by atoms with van der Waals surface area (Å²) in [6.07, 6.45) is 35.8. The number of ether oxygens (including phenoxy) is 3. The second kappa shape index (κ2) is 31.4. The number of unbranched alkanes of at least 4 members (excludes halogenated alkanes) is 24. The Morgan fingerprint density at radius 3 is 0.939 bits per heavy atom. The van der Waals surface area contributed by atoms with E-state index in [4.69, 9.17) is 14.2 Å². The van der Waals surface area contributed by atoms with Crippen molar-refractivity contribution in [1.82, 2.24) is 9.80 Å². The molecule has 2 atom stereocenters. The summed E-state index contributed by atoms with van der Waals surface area (Å²) in [6, 6.07) is 8.25. The largest absolute Gasteiger partial charge is 0.473 e. The van der Waals surface area contributed by atoms with Crippen molar-refractivity contribution in [2.24, 2.45) is 0 Å². The topological polar surface area (TPSA) is 34.2 Å². The number of nitrogens with zero attached hydrogens (tertiary/aromatic N) is 2. The molecule has 49 heavy (non-hydrogen) atoms. The maximum atomic E-state index is 6.52. The Labute approximate surface area is 305 Å². The lowest BCUT2D eigenvalue weighted by Gasteiger charge is -2.32. The maximum absolute atomic E-state index is 6.52. The Kier molecular flexibility index (Phi) is 28.1. The third-order valence-electron chi connectivity index (χ3n) is 10.6. The Morgan fingerprint density at radius 2 is 0.673 bits per heavy atom. The fourth-order valence-corrected chi connectivity index (χ4v) is 7.29. The van der Waals surface area contributed by atoms with Crippen LogP contribution in [0.4, 0.5) is 0 Å². The van der Waals surface area contributed by atoms with Gasteiger partial charge in [0.2, 0.25) is 0 Å². The summed E-state index contributed by atoms with van der Waals surface area (Å²) in [7, 11) is 0. The second-order valence-electron chi connectivity index (χ2n) is 14.9. The number of likely N-dealkylation sites (N-methyl/N-ethyl adjacent to an activating group) is 2. The lowest BCUT2D eigenvalue weighted by molar-refractivity contribution is -0.0827. The zero-order valence-electron chi connectivity index (χ0n) is 33.2. The Hall–Kier alpha value is -1.30. The Bertz CT molecular complexity index is 767. The quantitative estimate of drug-likeness (QED) is 0.0557. The van der Waals surface area contributed by atoms with Crippen LogP contribution in [0.5, 0.6) is 11.5 Å². The summed E-state index contributed by atoms with van der Waals surface area (Å²) in [5.41, 5.74) is 0. The van der Waals surface area contributed by atoms with E-state index in [1.165, 1.54) is 167 Å². The molecule has 2 unspecified atom stereocenters. The molecule has 2 aliphatic rings. The standard InChI is InChI=1S/C44H82N2O3/c1-5-9-11-13-15-17-19-21-23-25-27-29-31-37-45(7-3)43-39-47-40-44(49-42-35-33-41(48-43)34-36-42)46(8-4)38-32-30-28-26-24-22-20-18-16-14-12-10-6-2/h33-36,43-44H,5-32,37-40H2,1-4H3. The van der Waals surface area contributed by atoms with Crippen molar-refractivity contribution in [2.75, 3.05) is 39.4 Å². The summed E-state index contributed by atoms with van der Waals surface area (Å²) in [6.45, 7) is 14.3. The first-order valence-electron chi connectivity index (χ1n) is 21.7. The van der Waals surface area contributed by atoms with Crippen molar-refractivity contribution in [2.45, 2.75) is 207 Å². The first kappa shape index (κ1) is 43.9. The van der Waals surface area contributed by atoms with Gasteiger partial charge in [-0.05, 0) is 50.2 Å². The van der Waals surface area contributed by atoms with E-state index in [0.29, 0.717) is 13.2 Å². The second-order valence-corrected chi connectivity index (χ2v) is 14.9. The molecule has 0 saturated carbocycles. The highest BCUT2D eigenvalue weighted by molar-refractivity contribution is 5.31. The molecular weight excluding hydrogens is 604 g/mol. The van der Waals surface area contributed by atoms with Crippen LogP contribution in [0, 0.1) is 0 Å². The number of fused-ring (bicyclic) bond motifs is 8. The van der Waals surface area contributed by atoms with Crippen LogP contribution >= 0.6 is 0 Å². The van der Waals surface area contributed by atoms with Gasteiger partial charge in [-0.25, -0.2) is 0 Å².